The van der Waals surface area contributed by atoms with Gasteiger partial charge in [0.05, 0.1) is 19.0 Å². The van der Waals surface area contributed by atoms with Gasteiger partial charge in [0.25, 0.3) is 5.56 Å². The van der Waals surface area contributed by atoms with Crippen molar-refractivity contribution in [2.75, 3.05) is 12.3 Å². The summed E-state index contributed by atoms with van der Waals surface area (Å²) >= 11 is 6.91. The van der Waals surface area contributed by atoms with Gasteiger partial charge in [-0.2, -0.15) is 10.1 Å². The lowest BCUT2D eigenvalue weighted by Gasteiger charge is -2.31. The first-order valence-electron chi connectivity index (χ1n) is 11.4. The van der Waals surface area contributed by atoms with E-state index in [1.165, 1.54) is 17.8 Å². The number of aromatic amines is 1. The molecule has 0 aliphatic carbocycles. The Hall–Kier alpha value is -2.96. The van der Waals surface area contributed by atoms with E-state index in [1.807, 2.05) is 0 Å². The summed E-state index contributed by atoms with van der Waals surface area (Å²) in [5.41, 5.74) is 5.39. The fraction of sp³-hybridized carbons (Fsp3) is 0.455. The summed E-state index contributed by atoms with van der Waals surface area (Å²) in [5.74, 6) is -0.494. The van der Waals surface area contributed by atoms with Crippen LogP contribution in [0.4, 0.5) is 5.95 Å². The van der Waals surface area contributed by atoms with Crippen molar-refractivity contribution in [3.63, 3.8) is 0 Å². The van der Waals surface area contributed by atoms with Crippen LogP contribution >= 0.6 is 19.3 Å². The Balaban J connectivity index is 1.61. The van der Waals surface area contributed by atoms with Crippen LogP contribution in [0.3, 0.4) is 0 Å². The first kappa shape index (κ1) is 27.1. The Labute approximate surface area is 217 Å². The van der Waals surface area contributed by atoms with Crippen molar-refractivity contribution < 1.29 is 27.9 Å². The van der Waals surface area contributed by atoms with Gasteiger partial charge < -0.3 is 19.7 Å². The fourth-order valence-electron chi connectivity index (χ4n) is 3.75. The van der Waals surface area contributed by atoms with Crippen molar-refractivity contribution >= 4 is 42.4 Å². The summed E-state index contributed by atoms with van der Waals surface area (Å²) in [4.78, 5) is 33.9. The molecule has 0 spiro atoms. The fourth-order valence-corrected chi connectivity index (χ4v) is 5.84. The molecular weight excluding hydrogens is 527 g/mol. The number of alkyl halides is 1. The molecular formula is C22H28ClN6O7P. The second-order valence-electron chi connectivity index (χ2n) is 8.94. The number of hydrogen-bond donors (Lipinski definition) is 3. The number of benzene rings is 1. The monoisotopic (exact) mass is 554 g/mol. The number of nitrogens with one attached hydrogen (secondary N) is 2. The van der Waals surface area contributed by atoms with Crippen LogP contribution in [-0.4, -0.2) is 55.2 Å². The van der Waals surface area contributed by atoms with Crippen molar-refractivity contribution in [1.82, 2.24) is 24.6 Å². The minimum absolute atomic E-state index is 0.0480. The maximum absolute atomic E-state index is 14.0. The second-order valence-corrected chi connectivity index (χ2v) is 11.4. The number of ether oxygens (including phenoxy) is 2. The highest BCUT2D eigenvalue weighted by molar-refractivity contribution is 7.52. The Kier molecular flexibility index (Phi) is 7.63. The molecule has 37 heavy (non-hydrogen) atoms. The molecule has 0 saturated carbocycles. The maximum Gasteiger partial charge on any atom is 0.459 e. The molecule has 1 aromatic carbocycles. The Morgan fingerprint density at radius 2 is 2.05 bits per heavy atom. The normalized spacial score (nSPS) is 24.2. The number of carbonyl (C=O) groups is 1. The number of halogens is 1. The summed E-state index contributed by atoms with van der Waals surface area (Å²) in [6.45, 7) is 6.40. The molecule has 3 aromatic rings. The highest BCUT2D eigenvalue weighted by atomic mass is 35.5. The number of para-hydroxylation sites is 1. The molecule has 1 aliphatic rings. The van der Waals surface area contributed by atoms with Crippen molar-refractivity contribution in [3.8, 4) is 5.75 Å². The van der Waals surface area contributed by atoms with Gasteiger partial charge in [0, 0.05) is 0 Å². The summed E-state index contributed by atoms with van der Waals surface area (Å²) < 4.78 is 38.2. The van der Waals surface area contributed by atoms with E-state index in [9.17, 15) is 14.2 Å². The number of aromatic nitrogens is 4. The lowest BCUT2D eigenvalue weighted by molar-refractivity contribution is -0.149. The Morgan fingerprint density at radius 3 is 2.73 bits per heavy atom. The first-order valence-corrected chi connectivity index (χ1v) is 13.4. The second kappa shape index (κ2) is 10.4. The van der Waals surface area contributed by atoms with Crippen LogP contribution in [0.15, 0.2) is 41.5 Å². The van der Waals surface area contributed by atoms with Gasteiger partial charge in [0.2, 0.25) is 5.95 Å². The average molecular weight is 555 g/mol. The van der Waals surface area contributed by atoms with Gasteiger partial charge in [-0.1, -0.05) is 18.2 Å². The number of carbonyl (C=O) groups excluding carboxylic acids is 1. The molecule has 3 heterocycles. The van der Waals surface area contributed by atoms with Crippen LogP contribution in [0, 0.1) is 0 Å². The summed E-state index contributed by atoms with van der Waals surface area (Å²) in [6, 6.07) is 7.30. The Bertz CT molecular complexity index is 1380. The van der Waals surface area contributed by atoms with E-state index < -0.39 is 42.5 Å². The molecule has 1 aliphatic heterocycles. The molecule has 1 saturated heterocycles. The molecule has 15 heteroatoms. The highest BCUT2D eigenvalue weighted by Gasteiger charge is 2.53. The van der Waals surface area contributed by atoms with Crippen LogP contribution in [0.5, 0.6) is 5.75 Å². The van der Waals surface area contributed by atoms with Gasteiger partial charge in [-0.05, 0) is 39.8 Å². The molecule has 13 nitrogen and oxygen atoms in total. The molecule has 1 fully saturated rings. The number of hydrogen-bond acceptors (Lipinski definition) is 10. The Morgan fingerprint density at radius 1 is 1.35 bits per heavy atom. The van der Waals surface area contributed by atoms with Crippen molar-refractivity contribution in [2.24, 2.45) is 0 Å². The SMILES string of the molecule is CC(C)OC(=O)[C@@H](C)NP(=O)(Oc1ccccc1)O[C@@H]1CO[C@@H](n2cnc3c(=O)[nH]c(N)nc32)[C@]1(C)Cl. The number of anilines is 1. The van der Waals surface area contributed by atoms with Crippen LogP contribution in [0.1, 0.15) is 33.9 Å². The number of nitrogens with two attached hydrogens (primary N) is 1. The quantitative estimate of drug-likeness (QED) is 0.201. The van der Waals surface area contributed by atoms with Gasteiger partial charge in [-0.3, -0.25) is 23.7 Å². The number of imidazole rings is 1. The van der Waals surface area contributed by atoms with E-state index in [0.29, 0.717) is 0 Å². The molecule has 2 aromatic heterocycles. The zero-order valence-electron chi connectivity index (χ0n) is 20.6. The standard InChI is InChI=1S/C22H28ClN6O7P/c1-12(2)34-19(31)13(3)28-37(32,35-14-8-6-5-7-9-14)36-15-10-33-20(22(15,4)23)29-11-25-16-17(29)26-21(24)27-18(16)30/h5-9,11-13,15,20H,10H2,1-4H3,(H,28,32)(H3,24,26,27,30)/t13-,15-,20-,22-,37?/m1/s1. The van der Waals surface area contributed by atoms with Crippen LogP contribution in [0.25, 0.3) is 11.2 Å². The third-order valence-corrected chi connectivity index (χ3v) is 7.63. The third-order valence-electron chi connectivity index (χ3n) is 5.51. The van der Waals surface area contributed by atoms with Gasteiger partial charge in [-0.25, -0.2) is 9.55 Å². The number of nitrogen functional groups attached to an aromatic ring is 1. The summed E-state index contributed by atoms with van der Waals surface area (Å²) in [7, 11) is -4.22. The molecule has 4 rings (SSSR count). The third kappa shape index (κ3) is 5.81. The van der Waals surface area contributed by atoms with Crippen LogP contribution in [0.2, 0.25) is 0 Å². The molecule has 5 atom stereocenters. The molecule has 4 N–H and O–H groups in total. The zero-order valence-corrected chi connectivity index (χ0v) is 22.2. The minimum Gasteiger partial charge on any atom is -0.462 e. The van der Waals surface area contributed by atoms with Crippen LogP contribution < -0.4 is 20.9 Å². The van der Waals surface area contributed by atoms with Gasteiger partial charge in [0.15, 0.2) is 17.4 Å². The lowest BCUT2D eigenvalue weighted by Crippen LogP contribution is -2.41. The molecule has 0 radical (unpaired) electrons. The molecule has 1 unspecified atom stereocenters. The topological polar surface area (TPSA) is 173 Å². The van der Waals surface area contributed by atoms with E-state index in [4.69, 9.17) is 35.9 Å². The van der Waals surface area contributed by atoms with E-state index in [1.54, 1.807) is 51.1 Å². The lowest BCUT2D eigenvalue weighted by atomic mass is 10.1. The summed E-state index contributed by atoms with van der Waals surface area (Å²) in [6.07, 6.45) is -0.942. The number of nitrogens with zero attached hydrogens (tertiary/aromatic N) is 3. The van der Waals surface area contributed by atoms with E-state index in [0.717, 1.165) is 0 Å². The number of fused-ring (bicyclic) bond motifs is 1. The molecule has 0 amide bonds. The zero-order chi connectivity index (χ0) is 27.0. The maximum atomic E-state index is 14.0. The van der Waals surface area contributed by atoms with E-state index >= 15 is 0 Å². The van der Waals surface area contributed by atoms with Crippen molar-refractivity contribution in [2.45, 2.75) is 57.0 Å². The number of H-pyrrole nitrogens is 1. The average Bonchev–Trinajstić information content (AvgIpc) is 3.33. The first-order chi connectivity index (χ1) is 17.4. The predicted molar refractivity (Wildman–Crippen MR) is 135 cm³/mol. The van der Waals surface area contributed by atoms with E-state index in [-0.39, 0.29) is 35.6 Å². The number of rotatable bonds is 9. The minimum atomic E-state index is -4.22. The number of esters is 1. The van der Waals surface area contributed by atoms with Crippen molar-refractivity contribution in [1.29, 1.82) is 0 Å². The van der Waals surface area contributed by atoms with Crippen LogP contribution in [-0.2, 0) is 23.4 Å². The molecule has 200 valence electrons. The largest absolute Gasteiger partial charge is 0.462 e. The smallest absolute Gasteiger partial charge is 0.459 e. The predicted octanol–water partition coefficient (Wildman–Crippen LogP) is 2.73. The molecule has 0 bridgehead atoms. The van der Waals surface area contributed by atoms with E-state index in [2.05, 4.69) is 20.0 Å². The van der Waals surface area contributed by atoms with Gasteiger partial charge in [0.1, 0.15) is 22.8 Å². The van der Waals surface area contributed by atoms with Crippen molar-refractivity contribution in [3.05, 3.63) is 47.0 Å². The summed E-state index contributed by atoms with van der Waals surface area (Å²) in [5, 5.41) is 2.63. The van der Waals surface area contributed by atoms with Gasteiger partial charge in [-0.15, -0.1) is 11.6 Å². The highest BCUT2D eigenvalue weighted by Crippen LogP contribution is 2.52. The van der Waals surface area contributed by atoms with Gasteiger partial charge >= 0.3 is 13.7 Å².